The van der Waals surface area contributed by atoms with E-state index in [2.05, 4.69) is 10.0 Å². The van der Waals surface area contributed by atoms with E-state index in [0.717, 1.165) is 28.2 Å². The number of hydrogen-bond acceptors (Lipinski definition) is 5. The fourth-order valence-electron chi connectivity index (χ4n) is 3.27. The summed E-state index contributed by atoms with van der Waals surface area (Å²) in [7, 11) is -3.37. The van der Waals surface area contributed by atoms with Crippen molar-refractivity contribution < 1.29 is 18.0 Å². The number of rotatable bonds is 7. The van der Waals surface area contributed by atoms with Gasteiger partial charge in [-0.15, -0.1) is 11.8 Å². The third-order valence-corrected chi connectivity index (χ3v) is 6.31. The first-order valence-electron chi connectivity index (χ1n) is 9.62. The smallest absolute Gasteiger partial charge is 0.229 e. The molecule has 9 heteroatoms. The van der Waals surface area contributed by atoms with Gasteiger partial charge >= 0.3 is 0 Å². The van der Waals surface area contributed by atoms with Crippen LogP contribution in [0.25, 0.3) is 0 Å². The van der Waals surface area contributed by atoms with Crippen molar-refractivity contribution >= 4 is 45.0 Å². The van der Waals surface area contributed by atoms with Crippen molar-refractivity contribution in [3.63, 3.8) is 0 Å². The minimum absolute atomic E-state index is 0.0649. The molecule has 2 N–H and O–H groups in total. The number of nitrogens with zero attached hydrogens (tertiary/aromatic N) is 1. The summed E-state index contributed by atoms with van der Waals surface area (Å²) in [5.74, 6) is 0.547. The van der Waals surface area contributed by atoms with Gasteiger partial charge in [-0.2, -0.15) is 0 Å². The van der Waals surface area contributed by atoms with E-state index in [1.165, 1.54) is 0 Å². The summed E-state index contributed by atoms with van der Waals surface area (Å²) in [5, 5.41) is 2.87. The number of anilines is 2. The fourth-order valence-corrected chi connectivity index (χ4v) is 4.82. The van der Waals surface area contributed by atoms with E-state index in [-0.39, 0.29) is 30.7 Å². The maximum atomic E-state index is 12.7. The first kappa shape index (κ1) is 22.2. The lowest BCUT2D eigenvalue weighted by molar-refractivity contribution is -0.125. The van der Waals surface area contributed by atoms with Crippen molar-refractivity contribution in [2.24, 2.45) is 0 Å². The van der Waals surface area contributed by atoms with Crippen LogP contribution in [0.15, 0.2) is 53.4 Å². The first-order valence-corrected chi connectivity index (χ1v) is 12.5. The first-order chi connectivity index (χ1) is 14.2. The molecule has 0 saturated carbocycles. The van der Waals surface area contributed by atoms with Gasteiger partial charge < -0.3 is 10.2 Å². The Bertz CT molecular complexity index is 1040. The topological polar surface area (TPSA) is 95.6 Å². The van der Waals surface area contributed by atoms with Crippen LogP contribution in [0.5, 0.6) is 0 Å². The normalized spacial score (nSPS) is 14.5. The third-order valence-electron chi connectivity index (χ3n) is 4.66. The molecule has 0 bridgehead atoms. The number of hydrogen-bond donors (Lipinski definition) is 2. The number of amides is 2. The number of carbonyl (C=O) groups excluding carboxylic acids is 2. The SMILES string of the molecule is CC(NC(=O)CCC(=O)N1CCSc2ccccc21)c1cccc(NS(C)(=O)=O)c1. The molecule has 3 rings (SSSR count). The molecule has 30 heavy (non-hydrogen) atoms. The summed E-state index contributed by atoms with van der Waals surface area (Å²) in [4.78, 5) is 27.9. The van der Waals surface area contributed by atoms with E-state index in [0.29, 0.717) is 12.2 Å². The number of benzene rings is 2. The number of sulfonamides is 1. The van der Waals surface area contributed by atoms with Crippen LogP contribution in [0.1, 0.15) is 31.4 Å². The Labute approximate surface area is 181 Å². The summed E-state index contributed by atoms with van der Waals surface area (Å²) >= 11 is 1.73. The van der Waals surface area contributed by atoms with Crippen LogP contribution in [0, 0.1) is 0 Å². The van der Waals surface area contributed by atoms with E-state index < -0.39 is 10.0 Å². The molecule has 0 spiro atoms. The quantitative estimate of drug-likeness (QED) is 0.680. The van der Waals surface area contributed by atoms with Crippen molar-refractivity contribution in [2.45, 2.75) is 30.7 Å². The molecule has 2 amide bonds. The van der Waals surface area contributed by atoms with Gasteiger partial charge in [0, 0.05) is 35.7 Å². The van der Waals surface area contributed by atoms with Crippen molar-refractivity contribution in [2.75, 3.05) is 28.2 Å². The lowest BCUT2D eigenvalue weighted by Crippen LogP contribution is -2.36. The molecule has 0 aliphatic carbocycles. The predicted octanol–water partition coefficient (Wildman–Crippen LogP) is 3.15. The summed E-state index contributed by atoms with van der Waals surface area (Å²) in [6, 6.07) is 14.3. The maximum absolute atomic E-state index is 12.7. The Morgan fingerprint density at radius 2 is 1.90 bits per heavy atom. The highest BCUT2D eigenvalue weighted by Gasteiger charge is 2.23. The van der Waals surface area contributed by atoms with Gasteiger partial charge in [0.1, 0.15) is 0 Å². The molecule has 7 nitrogen and oxygen atoms in total. The van der Waals surface area contributed by atoms with Crippen LogP contribution in [0.4, 0.5) is 11.4 Å². The monoisotopic (exact) mass is 447 g/mol. The molecule has 2 aromatic rings. The van der Waals surface area contributed by atoms with Crippen LogP contribution in [-0.4, -0.2) is 38.8 Å². The van der Waals surface area contributed by atoms with Crippen molar-refractivity contribution in [3.05, 3.63) is 54.1 Å². The number of carbonyl (C=O) groups is 2. The zero-order valence-electron chi connectivity index (χ0n) is 16.9. The summed E-state index contributed by atoms with van der Waals surface area (Å²) in [6.45, 7) is 2.45. The Balaban J connectivity index is 1.55. The number of fused-ring (bicyclic) bond motifs is 1. The van der Waals surface area contributed by atoms with Crippen LogP contribution in [0.3, 0.4) is 0 Å². The van der Waals surface area contributed by atoms with E-state index in [4.69, 9.17) is 0 Å². The van der Waals surface area contributed by atoms with Crippen molar-refractivity contribution in [1.82, 2.24) is 5.32 Å². The van der Waals surface area contributed by atoms with Crippen LogP contribution in [-0.2, 0) is 19.6 Å². The second-order valence-electron chi connectivity index (χ2n) is 7.15. The largest absolute Gasteiger partial charge is 0.350 e. The molecule has 160 valence electrons. The van der Waals surface area contributed by atoms with E-state index in [9.17, 15) is 18.0 Å². The highest BCUT2D eigenvalue weighted by Crippen LogP contribution is 2.34. The zero-order valence-corrected chi connectivity index (χ0v) is 18.6. The molecular formula is C21H25N3O4S2. The Kier molecular flexibility index (Phi) is 7.04. The fraction of sp³-hybridized carbons (Fsp3) is 0.333. The molecule has 0 radical (unpaired) electrons. The molecule has 1 aliphatic rings. The molecule has 1 atom stereocenters. The van der Waals surface area contributed by atoms with Crippen LogP contribution >= 0.6 is 11.8 Å². The second kappa shape index (κ2) is 9.53. The van der Waals surface area contributed by atoms with Gasteiger partial charge in [0.2, 0.25) is 21.8 Å². The van der Waals surface area contributed by atoms with Gasteiger partial charge in [-0.3, -0.25) is 14.3 Å². The Morgan fingerprint density at radius 1 is 1.13 bits per heavy atom. The minimum Gasteiger partial charge on any atom is -0.350 e. The average molecular weight is 448 g/mol. The molecule has 0 fully saturated rings. The van der Waals surface area contributed by atoms with Gasteiger partial charge in [-0.25, -0.2) is 8.42 Å². The highest BCUT2D eigenvalue weighted by atomic mass is 32.2. The van der Waals surface area contributed by atoms with Crippen molar-refractivity contribution in [1.29, 1.82) is 0 Å². The molecule has 0 saturated heterocycles. The predicted molar refractivity (Wildman–Crippen MR) is 120 cm³/mol. The van der Waals surface area contributed by atoms with Crippen LogP contribution < -0.4 is 14.9 Å². The second-order valence-corrected chi connectivity index (χ2v) is 10.0. The lowest BCUT2D eigenvalue weighted by atomic mass is 10.1. The van der Waals surface area contributed by atoms with E-state index >= 15 is 0 Å². The summed E-state index contributed by atoms with van der Waals surface area (Å²) in [6.07, 6.45) is 1.31. The van der Waals surface area contributed by atoms with Gasteiger partial charge in [0.05, 0.1) is 18.0 Å². The van der Waals surface area contributed by atoms with Gasteiger partial charge in [0.25, 0.3) is 0 Å². The number of thioether (sulfide) groups is 1. The van der Waals surface area contributed by atoms with E-state index in [1.54, 1.807) is 34.9 Å². The average Bonchev–Trinajstić information content (AvgIpc) is 2.70. The van der Waals surface area contributed by atoms with Crippen LogP contribution in [0.2, 0.25) is 0 Å². The summed E-state index contributed by atoms with van der Waals surface area (Å²) in [5.41, 5.74) is 2.11. The molecule has 1 heterocycles. The van der Waals surface area contributed by atoms with Gasteiger partial charge in [0.15, 0.2) is 0 Å². The van der Waals surface area contributed by atoms with Gasteiger partial charge in [-0.05, 0) is 36.8 Å². The molecule has 2 aromatic carbocycles. The molecule has 0 aromatic heterocycles. The summed E-state index contributed by atoms with van der Waals surface area (Å²) < 4.78 is 25.2. The number of nitrogens with one attached hydrogen (secondary N) is 2. The molecule has 1 unspecified atom stereocenters. The zero-order chi connectivity index (χ0) is 21.7. The lowest BCUT2D eigenvalue weighted by Gasteiger charge is -2.29. The van der Waals surface area contributed by atoms with Crippen molar-refractivity contribution in [3.8, 4) is 0 Å². The van der Waals surface area contributed by atoms with E-state index in [1.807, 2.05) is 37.3 Å². The minimum atomic E-state index is -3.37. The molecule has 1 aliphatic heterocycles. The maximum Gasteiger partial charge on any atom is 0.229 e. The molecular weight excluding hydrogens is 422 g/mol. The standard InChI is InChI=1S/C21H25N3O4S2/c1-15(16-6-5-7-17(14-16)23-30(2,27)28)22-20(25)10-11-21(26)24-12-13-29-19-9-4-3-8-18(19)24/h3-9,14-15,23H,10-13H2,1-2H3,(H,22,25). The number of para-hydroxylation sites is 1. The Hall–Kier alpha value is -2.52. The Morgan fingerprint density at radius 3 is 2.67 bits per heavy atom. The highest BCUT2D eigenvalue weighted by molar-refractivity contribution is 7.99. The third kappa shape index (κ3) is 5.99. The van der Waals surface area contributed by atoms with Gasteiger partial charge in [-0.1, -0.05) is 24.3 Å².